The summed E-state index contributed by atoms with van der Waals surface area (Å²) in [6, 6.07) is 5.73. The molecule has 3 rings (SSSR count). The zero-order valence-corrected chi connectivity index (χ0v) is 13.9. The van der Waals surface area contributed by atoms with Crippen LogP contribution < -0.4 is 16.6 Å². The van der Waals surface area contributed by atoms with Crippen LogP contribution in [0.4, 0.5) is 4.39 Å². The molecule has 0 bridgehead atoms. The van der Waals surface area contributed by atoms with Crippen molar-refractivity contribution in [3.05, 3.63) is 62.1 Å². The molecule has 0 fully saturated rings. The lowest BCUT2D eigenvalue weighted by atomic mass is 10.2. The Balaban J connectivity index is 1.79. The van der Waals surface area contributed by atoms with E-state index in [9.17, 15) is 14.0 Å². The Hall–Kier alpha value is -2.52. The minimum Gasteiger partial charge on any atom is -0.350 e. The first-order valence-electron chi connectivity index (χ1n) is 7.01. The zero-order valence-electron chi connectivity index (χ0n) is 12.3. The number of amides is 1. The molecule has 7 nitrogen and oxygen atoms in total. The average Bonchev–Trinajstić information content (AvgIpc) is 2.96. The molecule has 2 heterocycles. The molecular formula is C15H13BrFN5O2. The number of benzene rings is 1. The van der Waals surface area contributed by atoms with Gasteiger partial charge < -0.3 is 21.0 Å². The maximum Gasteiger partial charge on any atom is 0.268 e. The number of halogens is 2. The van der Waals surface area contributed by atoms with E-state index in [1.165, 1.54) is 18.2 Å². The summed E-state index contributed by atoms with van der Waals surface area (Å²) in [4.78, 5) is 33.1. The molecule has 0 saturated carbocycles. The van der Waals surface area contributed by atoms with E-state index in [1.54, 1.807) is 6.07 Å². The number of hydrogen-bond donors (Lipinski definition) is 4. The number of carbonyl (C=O) groups excluding carboxylic acids is 1. The fourth-order valence-electron chi connectivity index (χ4n) is 2.29. The molecule has 0 atom stereocenters. The van der Waals surface area contributed by atoms with Crippen molar-refractivity contribution in [3.63, 3.8) is 0 Å². The van der Waals surface area contributed by atoms with Crippen LogP contribution in [-0.4, -0.2) is 20.9 Å². The first-order valence-corrected chi connectivity index (χ1v) is 7.80. The van der Waals surface area contributed by atoms with Crippen molar-refractivity contribution < 1.29 is 9.18 Å². The average molecular weight is 394 g/mol. The Bertz CT molecular complexity index is 982. The first-order chi connectivity index (χ1) is 11.5. The lowest BCUT2D eigenvalue weighted by Gasteiger charge is -2.04. The van der Waals surface area contributed by atoms with E-state index in [4.69, 9.17) is 5.73 Å². The summed E-state index contributed by atoms with van der Waals surface area (Å²) in [6.07, 6.45) is 0. The molecule has 1 amide bonds. The van der Waals surface area contributed by atoms with Gasteiger partial charge in [-0.1, -0.05) is 15.9 Å². The number of aromatic nitrogens is 3. The highest BCUT2D eigenvalue weighted by Crippen LogP contribution is 2.23. The summed E-state index contributed by atoms with van der Waals surface area (Å²) >= 11 is 3.20. The van der Waals surface area contributed by atoms with Gasteiger partial charge >= 0.3 is 0 Å². The zero-order chi connectivity index (χ0) is 17.3. The Kier molecular flexibility index (Phi) is 4.45. The molecule has 3 aromatic rings. The van der Waals surface area contributed by atoms with E-state index in [2.05, 4.69) is 36.2 Å². The molecule has 1 aromatic carbocycles. The quantitative estimate of drug-likeness (QED) is 0.537. The van der Waals surface area contributed by atoms with Crippen LogP contribution in [0.3, 0.4) is 0 Å². The number of fused-ring (bicyclic) bond motifs is 1. The summed E-state index contributed by atoms with van der Waals surface area (Å²) in [7, 11) is 0. The van der Waals surface area contributed by atoms with Crippen molar-refractivity contribution in [1.82, 2.24) is 20.3 Å². The number of rotatable bonds is 4. The van der Waals surface area contributed by atoms with Crippen molar-refractivity contribution in [2.75, 3.05) is 0 Å². The third-order valence-electron chi connectivity index (χ3n) is 3.37. The fraction of sp³-hybridized carbons (Fsp3) is 0.133. The van der Waals surface area contributed by atoms with E-state index in [-0.39, 0.29) is 24.3 Å². The summed E-state index contributed by atoms with van der Waals surface area (Å²) in [5.74, 6) is -0.583. The Morgan fingerprint density at radius 3 is 2.83 bits per heavy atom. The summed E-state index contributed by atoms with van der Waals surface area (Å²) in [6.45, 7) is 0.143. The number of hydrogen-bond acceptors (Lipinski definition) is 4. The lowest BCUT2D eigenvalue weighted by Crippen LogP contribution is -2.26. The largest absolute Gasteiger partial charge is 0.350 e. The highest BCUT2D eigenvalue weighted by molar-refractivity contribution is 9.10. The molecular weight excluding hydrogens is 381 g/mol. The van der Waals surface area contributed by atoms with Crippen LogP contribution >= 0.6 is 15.9 Å². The second kappa shape index (κ2) is 6.54. The van der Waals surface area contributed by atoms with E-state index in [0.29, 0.717) is 26.9 Å². The molecule has 2 aromatic heterocycles. The van der Waals surface area contributed by atoms with Gasteiger partial charge in [0.15, 0.2) is 0 Å². The number of H-pyrrole nitrogens is 2. The highest BCUT2D eigenvalue weighted by Gasteiger charge is 2.13. The second-order valence-corrected chi connectivity index (χ2v) is 6.02. The first kappa shape index (κ1) is 16.3. The van der Waals surface area contributed by atoms with E-state index in [0.717, 1.165) is 0 Å². The third kappa shape index (κ3) is 3.36. The second-order valence-electron chi connectivity index (χ2n) is 5.10. The summed E-state index contributed by atoms with van der Waals surface area (Å²) < 4.78 is 14.4. The van der Waals surface area contributed by atoms with Crippen LogP contribution in [0.5, 0.6) is 0 Å². The van der Waals surface area contributed by atoms with Crippen LogP contribution in [0.2, 0.25) is 0 Å². The van der Waals surface area contributed by atoms with E-state index >= 15 is 0 Å². The monoisotopic (exact) mass is 393 g/mol. The SMILES string of the molecule is NCc1cc(=O)[nH]c(CNC(=O)c2cc3c(F)cc(Br)cc3[nH]2)n1. The number of aromatic amines is 2. The van der Waals surface area contributed by atoms with Crippen molar-refractivity contribution in [1.29, 1.82) is 0 Å². The molecule has 9 heteroatoms. The van der Waals surface area contributed by atoms with E-state index < -0.39 is 11.7 Å². The molecule has 0 aliphatic carbocycles. The molecule has 0 aliphatic rings. The van der Waals surface area contributed by atoms with Crippen molar-refractivity contribution in [2.45, 2.75) is 13.1 Å². The molecule has 0 saturated heterocycles. The summed E-state index contributed by atoms with van der Waals surface area (Å²) in [5, 5.41) is 2.93. The van der Waals surface area contributed by atoms with Gasteiger partial charge in [0.2, 0.25) is 0 Å². The number of carbonyl (C=O) groups is 1. The Morgan fingerprint density at radius 2 is 2.08 bits per heavy atom. The molecule has 124 valence electrons. The molecule has 0 unspecified atom stereocenters. The third-order valence-corrected chi connectivity index (χ3v) is 3.82. The lowest BCUT2D eigenvalue weighted by molar-refractivity contribution is 0.0945. The fourth-order valence-corrected chi connectivity index (χ4v) is 2.72. The maximum absolute atomic E-state index is 13.9. The predicted molar refractivity (Wildman–Crippen MR) is 89.9 cm³/mol. The molecule has 5 N–H and O–H groups in total. The van der Waals surface area contributed by atoms with Crippen LogP contribution in [0.1, 0.15) is 22.0 Å². The van der Waals surface area contributed by atoms with Gasteiger partial charge in [0.1, 0.15) is 17.3 Å². The smallest absolute Gasteiger partial charge is 0.268 e. The van der Waals surface area contributed by atoms with Gasteiger partial charge in [0.25, 0.3) is 11.5 Å². The molecule has 0 spiro atoms. The molecule has 24 heavy (non-hydrogen) atoms. The summed E-state index contributed by atoms with van der Waals surface area (Å²) in [5.41, 5.74) is 6.26. The van der Waals surface area contributed by atoms with Gasteiger partial charge in [0, 0.05) is 22.5 Å². The molecule has 0 radical (unpaired) electrons. The Labute approximate surface area is 143 Å². The van der Waals surface area contributed by atoms with Gasteiger partial charge in [-0.3, -0.25) is 9.59 Å². The number of nitrogens with one attached hydrogen (secondary N) is 3. The number of nitrogens with two attached hydrogens (primary N) is 1. The predicted octanol–water partition coefficient (Wildman–Crippen LogP) is 1.54. The minimum absolute atomic E-state index is 0.0173. The van der Waals surface area contributed by atoms with Gasteiger partial charge in [-0.15, -0.1) is 0 Å². The Morgan fingerprint density at radius 1 is 1.29 bits per heavy atom. The van der Waals surface area contributed by atoms with Crippen LogP contribution in [0.25, 0.3) is 10.9 Å². The van der Waals surface area contributed by atoms with Gasteiger partial charge in [0.05, 0.1) is 17.8 Å². The van der Waals surface area contributed by atoms with Gasteiger partial charge in [-0.2, -0.15) is 0 Å². The van der Waals surface area contributed by atoms with Crippen LogP contribution in [0, 0.1) is 5.82 Å². The van der Waals surface area contributed by atoms with Crippen molar-refractivity contribution in [2.24, 2.45) is 5.73 Å². The normalized spacial score (nSPS) is 11.0. The minimum atomic E-state index is -0.442. The van der Waals surface area contributed by atoms with Crippen molar-refractivity contribution in [3.8, 4) is 0 Å². The van der Waals surface area contributed by atoms with E-state index in [1.807, 2.05) is 0 Å². The standard InChI is InChI=1S/C15H13BrFN5O2/c16-7-1-10(17)9-4-12(21-11(9)2-7)15(24)19-6-13-20-8(5-18)3-14(23)22-13/h1-4,21H,5-6,18H2,(H,19,24)(H,20,22,23). The van der Waals surface area contributed by atoms with Crippen LogP contribution in [-0.2, 0) is 13.1 Å². The highest BCUT2D eigenvalue weighted by atomic mass is 79.9. The van der Waals surface area contributed by atoms with Crippen molar-refractivity contribution >= 4 is 32.7 Å². The topological polar surface area (TPSA) is 117 Å². The number of nitrogens with zero attached hydrogens (tertiary/aromatic N) is 1. The van der Waals surface area contributed by atoms with Crippen LogP contribution in [0.15, 0.2) is 33.5 Å². The molecule has 0 aliphatic heterocycles. The maximum atomic E-state index is 13.9. The van der Waals surface area contributed by atoms with Gasteiger partial charge in [-0.25, -0.2) is 9.37 Å². The van der Waals surface area contributed by atoms with Gasteiger partial charge in [-0.05, 0) is 18.2 Å².